The molecule has 0 amide bonds. The first-order chi connectivity index (χ1) is 43.3. The third kappa shape index (κ3) is 24.1. The molecule has 0 saturated heterocycles. The first-order valence-electron chi connectivity index (χ1n) is 30.6. The maximum Gasteiger partial charge on any atom is 0.460 e. The zero-order valence-electron chi connectivity index (χ0n) is 59.8. The number of alkyl halides is 14. The lowest BCUT2D eigenvalue weighted by Crippen LogP contribution is -2.57. The molecule has 0 aliphatic rings. The van der Waals surface area contributed by atoms with Crippen molar-refractivity contribution in [1.82, 2.24) is 0 Å². The topological polar surface area (TPSA) is 265 Å². The molecular weight excluding hydrogens is 1480 g/mol. The second-order valence-corrected chi connectivity index (χ2v) is 38.6. The standard InChI is InChI=1S/C61H98F14O18P2S4/c1-34(2)92-44(96)98-52(17,18)54(21,42(79)90-32-56(62,63)58(66,67)60(70,71)72)30-48(9,10)50(13,14)36(39(76)88-24-26-94(81,82)83)28-46(5,6)38(41(78)87-23)47(7,8)29-37(40(77)89-25-27-95(84,85)86)51(15,16)49(11,12)31-55(22,53(19,20)99-45(97)93-35(3)4)43(80)91-33-57(64,65)59(68,69)61(73,74)75/h34-38H,24-33H2,1-23H3,(H2,81,82,83)(H2,84,85,86). The van der Waals surface area contributed by atoms with Crippen LogP contribution in [0.25, 0.3) is 0 Å². The minimum atomic E-state index is -6.83. The van der Waals surface area contributed by atoms with Gasteiger partial charge in [-0.15, -0.1) is 0 Å². The van der Waals surface area contributed by atoms with E-state index in [0.29, 0.717) is 23.5 Å². The average Bonchev–Trinajstić information content (AvgIpc) is 0.743. The number of hydrogen-bond donors (Lipinski definition) is 4. The largest absolute Gasteiger partial charge is 0.476 e. The summed E-state index contributed by atoms with van der Waals surface area (Å²) in [5, 5.41) is 0. The molecule has 0 saturated carbocycles. The van der Waals surface area contributed by atoms with E-state index in [1.807, 2.05) is 0 Å². The molecule has 582 valence electrons. The smallest absolute Gasteiger partial charge is 0.460 e. The summed E-state index contributed by atoms with van der Waals surface area (Å²) >= 11 is 12.1. The maximum absolute atomic E-state index is 15.0. The van der Waals surface area contributed by atoms with Crippen molar-refractivity contribution < 1.29 is 147 Å². The normalized spacial score (nSPS) is 16.6. The molecular formula is C61H98F14O18P2S4. The summed E-state index contributed by atoms with van der Waals surface area (Å²) in [6.07, 6.45) is -19.5. The Hall–Kier alpha value is -2.85. The van der Waals surface area contributed by atoms with E-state index in [1.54, 1.807) is 27.7 Å². The lowest BCUT2D eigenvalue weighted by Gasteiger charge is -2.55. The molecule has 0 aromatic carbocycles. The van der Waals surface area contributed by atoms with Crippen LogP contribution in [-0.4, -0.2) is 162 Å². The Bertz CT molecular complexity index is 2760. The maximum atomic E-state index is 15.0. The molecule has 0 heterocycles. The molecule has 4 N–H and O–H groups in total. The Kier molecular flexibility index (Phi) is 31.9. The van der Waals surface area contributed by atoms with E-state index in [0.717, 1.165) is 21.0 Å². The third-order valence-corrected chi connectivity index (χ3v) is 24.1. The fraction of sp³-hybridized carbons (Fsp3) is 0.885. The van der Waals surface area contributed by atoms with E-state index >= 15 is 0 Å². The number of carbonyl (C=O) groups excluding carboxylic acids is 5. The van der Waals surface area contributed by atoms with Gasteiger partial charge < -0.3 is 52.7 Å². The highest BCUT2D eigenvalue weighted by molar-refractivity contribution is 8.23. The van der Waals surface area contributed by atoms with Gasteiger partial charge in [0.05, 0.1) is 60.2 Å². The molecule has 0 radical (unpaired) electrons. The quantitative estimate of drug-likeness (QED) is 0.0148. The van der Waals surface area contributed by atoms with Crippen molar-refractivity contribution in [3.05, 3.63) is 0 Å². The SMILES string of the molecule is COC(=O)C(C(C)(C)CC(C(=O)OCCP(=O)(O)O)C(C)(C)C(C)(C)CC(C)(C(=O)OCC(F)(F)C(F)(F)C(F)(F)F)C(C)(C)SC(=S)OC(C)C)C(C)(C)CC(C(=O)OCCP(=O)(O)O)C(C)(C)C(C)(C)CC(C)(C(=O)OCC(F)(F)C(F)(F)C(F)(F)F)C(C)(C)SC(=S)OC(C)C. The number of thioether (sulfide) groups is 2. The van der Waals surface area contributed by atoms with Crippen molar-refractivity contribution in [3.8, 4) is 0 Å². The second kappa shape index (κ2) is 32.9. The van der Waals surface area contributed by atoms with Crippen LogP contribution in [0.5, 0.6) is 0 Å². The van der Waals surface area contributed by atoms with Gasteiger partial charge in [-0.3, -0.25) is 33.1 Å². The molecule has 38 heteroatoms. The monoisotopic (exact) mass is 1570 g/mol. The molecule has 4 atom stereocenters. The number of halogens is 14. The van der Waals surface area contributed by atoms with Crippen LogP contribution in [0.2, 0.25) is 0 Å². The molecule has 0 aliphatic heterocycles. The molecule has 99 heavy (non-hydrogen) atoms. The molecule has 0 spiro atoms. The van der Waals surface area contributed by atoms with Gasteiger partial charge in [-0.05, 0) is 152 Å². The Morgan fingerprint density at radius 3 is 0.929 bits per heavy atom. The Labute approximate surface area is 589 Å². The Balaban J connectivity index is 8.92. The summed E-state index contributed by atoms with van der Waals surface area (Å²) in [4.78, 5) is 113. The number of carbonyl (C=O) groups is 5. The molecule has 0 aromatic heterocycles. The van der Waals surface area contributed by atoms with E-state index < -0.39 is 228 Å². The third-order valence-electron chi connectivity index (χ3n) is 19.4. The van der Waals surface area contributed by atoms with Gasteiger partial charge >= 0.3 is 81.1 Å². The van der Waals surface area contributed by atoms with Crippen LogP contribution in [0.4, 0.5) is 61.5 Å². The van der Waals surface area contributed by atoms with Crippen LogP contribution in [-0.2, 0) is 66.3 Å². The van der Waals surface area contributed by atoms with Gasteiger partial charge in [-0.25, -0.2) is 0 Å². The van der Waals surface area contributed by atoms with Gasteiger partial charge in [0.1, 0.15) is 13.2 Å². The van der Waals surface area contributed by atoms with Gasteiger partial charge in [-0.1, -0.05) is 107 Å². The lowest BCUT2D eigenvalue weighted by atomic mass is 9.50. The zero-order valence-corrected chi connectivity index (χ0v) is 64.8. The first kappa shape index (κ1) is 96.2. The van der Waals surface area contributed by atoms with Crippen molar-refractivity contribution in [1.29, 1.82) is 0 Å². The highest BCUT2D eigenvalue weighted by Crippen LogP contribution is 2.63. The minimum absolute atomic E-state index is 0.268. The Morgan fingerprint density at radius 2 is 0.707 bits per heavy atom. The average molecular weight is 1580 g/mol. The van der Waals surface area contributed by atoms with Crippen LogP contribution >= 0.6 is 63.2 Å². The summed E-state index contributed by atoms with van der Waals surface area (Å²) < 4.78 is 254. The fourth-order valence-corrected chi connectivity index (χ4v) is 16.0. The summed E-state index contributed by atoms with van der Waals surface area (Å²) in [6.45, 7) is 23.2. The van der Waals surface area contributed by atoms with Crippen LogP contribution in [0.15, 0.2) is 0 Å². The second-order valence-electron chi connectivity index (χ2n) is 30.6. The molecule has 0 fully saturated rings. The fourth-order valence-electron chi connectivity index (χ4n) is 11.6. The highest BCUT2D eigenvalue weighted by atomic mass is 32.2. The van der Waals surface area contributed by atoms with Gasteiger partial charge in [0.25, 0.3) is 0 Å². The van der Waals surface area contributed by atoms with Crippen LogP contribution in [0, 0.1) is 61.1 Å². The van der Waals surface area contributed by atoms with Crippen molar-refractivity contribution >= 4 is 102 Å². The predicted octanol–water partition coefficient (Wildman–Crippen LogP) is 16.4. The molecule has 0 bridgehead atoms. The van der Waals surface area contributed by atoms with Crippen LogP contribution in [0.3, 0.4) is 0 Å². The van der Waals surface area contributed by atoms with Gasteiger partial charge in [0.2, 0.25) is 8.77 Å². The predicted molar refractivity (Wildman–Crippen MR) is 350 cm³/mol. The van der Waals surface area contributed by atoms with Gasteiger partial charge in [0.15, 0.2) is 13.2 Å². The molecule has 0 aromatic rings. The Morgan fingerprint density at radius 1 is 0.444 bits per heavy atom. The summed E-state index contributed by atoms with van der Waals surface area (Å²) in [6, 6.07) is 0. The van der Waals surface area contributed by atoms with Crippen molar-refractivity contribution in [2.24, 2.45) is 61.1 Å². The van der Waals surface area contributed by atoms with Crippen molar-refractivity contribution in [2.45, 2.75) is 236 Å². The molecule has 4 unspecified atom stereocenters. The number of methoxy groups -OCH3 is 1. The van der Waals surface area contributed by atoms with E-state index in [1.165, 1.54) is 111 Å². The summed E-state index contributed by atoms with van der Waals surface area (Å²) in [5.41, 5.74) is -15.1. The van der Waals surface area contributed by atoms with E-state index in [2.05, 4.69) is 0 Å². The number of ether oxygens (including phenoxy) is 7. The number of hydrogen-bond acceptors (Lipinski definition) is 18. The number of thiocarbonyl (C=S) groups is 2. The molecule has 0 aliphatic carbocycles. The van der Waals surface area contributed by atoms with Crippen molar-refractivity contribution in [3.63, 3.8) is 0 Å². The number of esters is 5. The summed E-state index contributed by atoms with van der Waals surface area (Å²) in [7, 11) is -8.90. The van der Waals surface area contributed by atoms with E-state index in [-0.39, 0.29) is 8.77 Å². The summed E-state index contributed by atoms with van der Waals surface area (Å²) in [5.74, 6) is -37.6. The molecule has 18 nitrogen and oxygen atoms in total. The van der Waals surface area contributed by atoms with Crippen LogP contribution in [0.1, 0.15) is 178 Å². The zero-order chi connectivity index (χ0) is 79.4. The number of rotatable bonds is 37. The van der Waals surface area contributed by atoms with Gasteiger partial charge in [0, 0.05) is 9.49 Å². The molecule has 0 rings (SSSR count). The highest BCUT2D eigenvalue weighted by Gasteiger charge is 2.75. The lowest BCUT2D eigenvalue weighted by molar-refractivity contribution is -0.360. The van der Waals surface area contributed by atoms with E-state index in [4.69, 9.17) is 57.6 Å². The minimum Gasteiger partial charge on any atom is -0.476 e. The van der Waals surface area contributed by atoms with Crippen LogP contribution < -0.4 is 0 Å². The van der Waals surface area contributed by atoms with Gasteiger partial charge in [-0.2, -0.15) is 61.5 Å². The first-order valence-corrected chi connectivity index (χ1v) is 36.7. The van der Waals surface area contributed by atoms with E-state index in [9.17, 15) is 114 Å². The van der Waals surface area contributed by atoms with Crippen molar-refractivity contribution in [2.75, 3.05) is 45.9 Å².